The van der Waals surface area contributed by atoms with Crippen LogP contribution in [0.4, 0.5) is 0 Å². The third-order valence-electron chi connectivity index (χ3n) is 4.35. The number of carboxylic acid groups (broad SMARTS) is 1. The molecule has 5 nitrogen and oxygen atoms in total. The van der Waals surface area contributed by atoms with Gasteiger partial charge in [0.15, 0.2) is 5.43 Å². The Morgan fingerprint density at radius 2 is 1.95 bits per heavy atom. The molecule has 0 bridgehead atoms. The highest BCUT2D eigenvalue weighted by Gasteiger charge is 2.29. The maximum absolute atomic E-state index is 12.2. The second kappa shape index (κ2) is 4.73. The molecule has 1 aliphatic heterocycles. The molecule has 0 atom stereocenters. The molecular weight excluding hydrogens is 284 g/mol. The smallest absolute Gasteiger partial charge is 0.371 e. The Balaban J connectivity index is 2.03. The van der Waals surface area contributed by atoms with E-state index in [0.29, 0.717) is 17.1 Å². The largest absolute Gasteiger partial charge is 0.488 e. The normalized spacial score (nSPS) is 15.3. The van der Waals surface area contributed by atoms with Crippen molar-refractivity contribution in [2.24, 2.45) is 0 Å². The molecule has 4 rings (SSSR count). The molecule has 0 radical (unpaired) electrons. The second-order valence-electron chi connectivity index (χ2n) is 5.66. The van der Waals surface area contributed by atoms with E-state index in [1.165, 1.54) is 5.56 Å². The summed E-state index contributed by atoms with van der Waals surface area (Å²) < 4.78 is 11.2. The maximum Gasteiger partial charge on any atom is 0.371 e. The van der Waals surface area contributed by atoms with Crippen LogP contribution >= 0.6 is 0 Å². The average molecular weight is 298 g/mol. The van der Waals surface area contributed by atoms with Gasteiger partial charge in [0.1, 0.15) is 18.1 Å². The Labute approximate surface area is 126 Å². The van der Waals surface area contributed by atoms with E-state index in [0.717, 1.165) is 42.9 Å². The number of aromatic carboxylic acids is 1. The van der Waals surface area contributed by atoms with Crippen LogP contribution in [0, 0.1) is 0 Å². The minimum Gasteiger partial charge on any atom is -0.488 e. The highest BCUT2D eigenvalue weighted by atomic mass is 16.5. The van der Waals surface area contributed by atoms with Gasteiger partial charge in [-0.25, -0.2) is 4.79 Å². The van der Waals surface area contributed by atoms with E-state index in [1.54, 1.807) is 0 Å². The van der Waals surface area contributed by atoms with Gasteiger partial charge in [-0.1, -0.05) is 6.07 Å². The van der Waals surface area contributed by atoms with Gasteiger partial charge >= 0.3 is 5.97 Å². The number of rotatable bonds is 1. The van der Waals surface area contributed by atoms with E-state index in [1.807, 2.05) is 6.07 Å². The van der Waals surface area contributed by atoms with E-state index in [9.17, 15) is 9.59 Å². The molecule has 2 aromatic rings. The maximum atomic E-state index is 12.2. The Morgan fingerprint density at radius 3 is 2.77 bits per heavy atom. The lowest BCUT2D eigenvalue weighted by molar-refractivity contribution is 0.0659. The predicted molar refractivity (Wildman–Crippen MR) is 78.3 cm³/mol. The molecule has 1 N–H and O–H groups in total. The van der Waals surface area contributed by atoms with Crippen molar-refractivity contribution in [3.8, 4) is 17.1 Å². The van der Waals surface area contributed by atoms with E-state index >= 15 is 0 Å². The van der Waals surface area contributed by atoms with Gasteiger partial charge in [0.05, 0.1) is 11.1 Å². The summed E-state index contributed by atoms with van der Waals surface area (Å²) in [4.78, 5) is 23.3. The van der Waals surface area contributed by atoms with Crippen LogP contribution in [-0.4, -0.2) is 11.1 Å². The molecule has 0 unspecified atom stereocenters. The molecule has 0 spiro atoms. The lowest BCUT2D eigenvalue weighted by Crippen LogP contribution is -2.20. The van der Waals surface area contributed by atoms with Crippen LogP contribution in [0.1, 0.15) is 40.1 Å². The van der Waals surface area contributed by atoms with Gasteiger partial charge in [-0.05, 0) is 42.9 Å². The fraction of sp³-hybridized carbons (Fsp3) is 0.294. The molecule has 1 aliphatic carbocycles. The molecule has 1 aromatic carbocycles. The van der Waals surface area contributed by atoms with Gasteiger partial charge in [-0.2, -0.15) is 0 Å². The second-order valence-corrected chi connectivity index (χ2v) is 5.66. The number of fused-ring (bicyclic) bond motifs is 5. The number of aryl methyl sites for hydroxylation is 1. The van der Waals surface area contributed by atoms with Crippen molar-refractivity contribution < 1.29 is 19.1 Å². The lowest BCUT2D eigenvalue weighted by atomic mass is 9.85. The van der Waals surface area contributed by atoms with Crippen molar-refractivity contribution in [1.82, 2.24) is 0 Å². The summed E-state index contributed by atoms with van der Waals surface area (Å²) >= 11 is 0. The zero-order valence-electron chi connectivity index (χ0n) is 11.8. The summed E-state index contributed by atoms with van der Waals surface area (Å²) in [5, 5.41) is 9.13. The monoisotopic (exact) mass is 298 g/mol. The van der Waals surface area contributed by atoms with Gasteiger partial charge in [0, 0.05) is 6.07 Å². The molecule has 0 saturated carbocycles. The molecule has 5 heteroatoms. The fourth-order valence-electron chi connectivity index (χ4n) is 3.29. The van der Waals surface area contributed by atoms with Crippen molar-refractivity contribution in [1.29, 1.82) is 0 Å². The minimum absolute atomic E-state index is 0.114. The summed E-state index contributed by atoms with van der Waals surface area (Å²) in [5.74, 6) is -0.536. The number of carbonyl (C=O) groups is 1. The first-order valence-electron chi connectivity index (χ1n) is 7.33. The van der Waals surface area contributed by atoms with Gasteiger partial charge in [-0.15, -0.1) is 0 Å². The zero-order valence-corrected chi connectivity index (χ0v) is 11.8. The molecule has 0 amide bonds. The molecule has 1 aromatic heterocycles. The van der Waals surface area contributed by atoms with E-state index in [-0.39, 0.29) is 17.8 Å². The van der Waals surface area contributed by atoms with Gasteiger partial charge in [0.2, 0.25) is 5.76 Å². The summed E-state index contributed by atoms with van der Waals surface area (Å²) in [5.41, 5.74) is 3.16. The van der Waals surface area contributed by atoms with Gasteiger partial charge in [0.25, 0.3) is 0 Å². The summed E-state index contributed by atoms with van der Waals surface area (Å²) in [6.45, 7) is 0.114. The SMILES string of the molecule is O=C(O)c1cc(=O)c2c(o1)-c1c(ccc3c1CCCC3)OC2. The average Bonchev–Trinajstić information content (AvgIpc) is 2.53. The van der Waals surface area contributed by atoms with E-state index in [2.05, 4.69) is 6.07 Å². The summed E-state index contributed by atoms with van der Waals surface area (Å²) in [7, 11) is 0. The third-order valence-corrected chi connectivity index (χ3v) is 4.35. The number of hydrogen-bond acceptors (Lipinski definition) is 4. The van der Waals surface area contributed by atoms with E-state index in [4.69, 9.17) is 14.3 Å². The molecular formula is C17H14O5. The van der Waals surface area contributed by atoms with Crippen LogP contribution in [0.15, 0.2) is 27.4 Å². The number of ether oxygens (including phenoxy) is 1. The summed E-state index contributed by atoms with van der Waals surface area (Å²) in [6, 6.07) is 4.96. The molecule has 0 fully saturated rings. The van der Waals surface area contributed by atoms with E-state index < -0.39 is 5.97 Å². The van der Waals surface area contributed by atoms with Crippen molar-refractivity contribution in [3.05, 3.63) is 50.9 Å². The van der Waals surface area contributed by atoms with Crippen LogP contribution in [-0.2, 0) is 19.4 Å². The first-order valence-corrected chi connectivity index (χ1v) is 7.33. The van der Waals surface area contributed by atoms with Crippen molar-refractivity contribution >= 4 is 5.97 Å². The standard InChI is InChI=1S/C17H14O5/c18-12-7-14(17(19)20)22-16-11(12)8-21-13-6-5-9-3-1-2-4-10(9)15(13)16/h5-7H,1-4,8H2,(H,19,20). The molecule has 0 saturated heterocycles. The van der Waals surface area contributed by atoms with Crippen molar-refractivity contribution in [2.75, 3.05) is 0 Å². The van der Waals surface area contributed by atoms with Gasteiger partial charge in [-0.3, -0.25) is 4.79 Å². The molecule has 2 heterocycles. The number of carboxylic acids is 1. The quantitative estimate of drug-likeness (QED) is 0.876. The van der Waals surface area contributed by atoms with Crippen LogP contribution < -0.4 is 10.2 Å². The topological polar surface area (TPSA) is 76.7 Å². The number of hydrogen-bond donors (Lipinski definition) is 1. The third kappa shape index (κ3) is 1.85. The molecule has 2 aliphatic rings. The Hall–Kier alpha value is -2.56. The Morgan fingerprint density at radius 1 is 1.14 bits per heavy atom. The van der Waals surface area contributed by atoms with Crippen LogP contribution in [0.3, 0.4) is 0 Å². The van der Waals surface area contributed by atoms with Crippen molar-refractivity contribution in [2.45, 2.75) is 32.3 Å². The predicted octanol–water partition coefficient (Wildman–Crippen LogP) is 2.78. The van der Waals surface area contributed by atoms with Crippen LogP contribution in [0.25, 0.3) is 11.3 Å². The fourth-order valence-corrected chi connectivity index (χ4v) is 3.29. The van der Waals surface area contributed by atoms with Gasteiger partial charge < -0.3 is 14.3 Å². The van der Waals surface area contributed by atoms with Crippen molar-refractivity contribution in [3.63, 3.8) is 0 Å². The zero-order chi connectivity index (χ0) is 15.3. The first-order chi connectivity index (χ1) is 10.6. The molecule has 112 valence electrons. The first kappa shape index (κ1) is 13.1. The van der Waals surface area contributed by atoms with Crippen LogP contribution in [0.5, 0.6) is 5.75 Å². The molecule has 22 heavy (non-hydrogen) atoms. The minimum atomic E-state index is -1.24. The highest BCUT2D eigenvalue weighted by molar-refractivity contribution is 5.85. The number of benzene rings is 1. The Kier molecular flexibility index (Phi) is 2.82. The van der Waals surface area contributed by atoms with Crippen LogP contribution in [0.2, 0.25) is 0 Å². The summed E-state index contributed by atoms with van der Waals surface area (Å²) in [6.07, 6.45) is 4.09. The Bertz CT molecular complexity index is 847. The lowest BCUT2D eigenvalue weighted by Gasteiger charge is -2.25. The highest BCUT2D eigenvalue weighted by Crippen LogP contribution is 2.42.